The van der Waals surface area contributed by atoms with Crippen LogP contribution in [0.25, 0.3) is 0 Å². The van der Waals surface area contributed by atoms with Gasteiger partial charge in [0.25, 0.3) is 0 Å². The lowest BCUT2D eigenvalue weighted by Crippen LogP contribution is -2.36. The molecule has 112 valence electrons. The number of sulfonamides is 1. The first-order chi connectivity index (χ1) is 9.55. The second-order valence-electron chi connectivity index (χ2n) is 5.36. The maximum absolute atomic E-state index is 12.8. The van der Waals surface area contributed by atoms with Gasteiger partial charge in [-0.15, -0.1) is 0 Å². The molecule has 0 bridgehead atoms. The van der Waals surface area contributed by atoms with Crippen molar-refractivity contribution in [1.82, 2.24) is 4.31 Å². The molecular weight excluding hydrogens is 274 g/mol. The highest BCUT2D eigenvalue weighted by Crippen LogP contribution is 2.23. The Hall–Kier alpha value is -0.910. The monoisotopic (exact) mass is 297 g/mol. The minimum Gasteiger partial charge on any atom is -0.381 e. The van der Waals surface area contributed by atoms with Crippen LogP contribution in [-0.4, -0.2) is 39.0 Å². The van der Waals surface area contributed by atoms with Gasteiger partial charge in [0.15, 0.2) is 0 Å². The summed E-state index contributed by atoms with van der Waals surface area (Å²) in [6.07, 6.45) is 1.77. The predicted octanol–water partition coefficient (Wildman–Crippen LogP) is 2.43. The van der Waals surface area contributed by atoms with Gasteiger partial charge < -0.3 is 4.74 Å². The summed E-state index contributed by atoms with van der Waals surface area (Å²) < 4.78 is 32.6. The van der Waals surface area contributed by atoms with Gasteiger partial charge in [0.2, 0.25) is 10.0 Å². The lowest BCUT2D eigenvalue weighted by molar-refractivity contribution is 0.180. The van der Waals surface area contributed by atoms with Gasteiger partial charge in [-0.25, -0.2) is 8.42 Å². The van der Waals surface area contributed by atoms with E-state index in [0.29, 0.717) is 30.5 Å². The smallest absolute Gasteiger partial charge is 0.243 e. The van der Waals surface area contributed by atoms with E-state index >= 15 is 0 Å². The molecule has 20 heavy (non-hydrogen) atoms. The SMILES string of the molecule is CCCN(CC1CCOC1)S(=O)(=O)c1ccccc1C. The van der Waals surface area contributed by atoms with E-state index in [2.05, 4.69) is 0 Å². The number of nitrogens with zero attached hydrogens (tertiary/aromatic N) is 1. The van der Waals surface area contributed by atoms with Crippen molar-refractivity contribution in [2.75, 3.05) is 26.3 Å². The third-order valence-electron chi connectivity index (χ3n) is 3.67. The number of hydrogen-bond acceptors (Lipinski definition) is 3. The average Bonchev–Trinajstić information content (AvgIpc) is 2.91. The van der Waals surface area contributed by atoms with Crippen LogP contribution in [0.4, 0.5) is 0 Å². The lowest BCUT2D eigenvalue weighted by Gasteiger charge is -2.25. The van der Waals surface area contributed by atoms with E-state index < -0.39 is 10.0 Å². The third-order valence-corrected chi connectivity index (χ3v) is 5.70. The largest absolute Gasteiger partial charge is 0.381 e. The second-order valence-corrected chi connectivity index (χ2v) is 7.26. The molecule has 0 radical (unpaired) electrons. The molecule has 0 N–H and O–H groups in total. The molecule has 5 heteroatoms. The first kappa shape index (κ1) is 15.5. The Balaban J connectivity index is 2.24. The summed E-state index contributed by atoms with van der Waals surface area (Å²) >= 11 is 0. The maximum atomic E-state index is 12.8. The van der Waals surface area contributed by atoms with Crippen molar-refractivity contribution < 1.29 is 13.2 Å². The summed E-state index contributed by atoms with van der Waals surface area (Å²) in [5, 5.41) is 0. The molecule has 0 aromatic heterocycles. The fourth-order valence-electron chi connectivity index (χ4n) is 2.56. The highest BCUT2D eigenvalue weighted by atomic mass is 32.2. The Labute approximate surface area is 121 Å². The molecule has 1 aliphatic heterocycles. The van der Waals surface area contributed by atoms with Crippen LogP contribution >= 0.6 is 0 Å². The number of hydrogen-bond donors (Lipinski definition) is 0. The van der Waals surface area contributed by atoms with E-state index in [9.17, 15) is 8.42 Å². The molecule has 1 aliphatic rings. The molecule has 1 aromatic rings. The Bertz CT molecular complexity index is 536. The van der Waals surface area contributed by atoms with Crippen LogP contribution in [0.3, 0.4) is 0 Å². The first-order valence-electron chi connectivity index (χ1n) is 7.19. The topological polar surface area (TPSA) is 46.6 Å². The van der Waals surface area contributed by atoms with E-state index in [1.54, 1.807) is 16.4 Å². The van der Waals surface area contributed by atoms with Crippen LogP contribution in [0, 0.1) is 12.8 Å². The van der Waals surface area contributed by atoms with Gasteiger partial charge >= 0.3 is 0 Å². The van der Waals surface area contributed by atoms with Gasteiger partial charge in [-0.2, -0.15) is 4.31 Å². The summed E-state index contributed by atoms with van der Waals surface area (Å²) in [7, 11) is -3.40. The molecule has 0 saturated carbocycles. The van der Waals surface area contributed by atoms with Crippen molar-refractivity contribution in [2.24, 2.45) is 5.92 Å². The van der Waals surface area contributed by atoms with Crippen LogP contribution in [0.5, 0.6) is 0 Å². The highest BCUT2D eigenvalue weighted by Gasteiger charge is 2.29. The number of rotatable bonds is 6. The van der Waals surface area contributed by atoms with Gasteiger partial charge in [-0.3, -0.25) is 0 Å². The van der Waals surface area contributed by atoms with Crippen molar-refractivity contribution in [3.8, 4) is 0 Å². The van der Waals surface area contributed by atoms with Gasteiger partial charge in [-0.1, -0.05) is 25.1 Å². The maximum Gasteiger partial charge on any atom is 0.243 e. The third kappa shape index (κ3) is 3.40. The minimum atomic E-state index is -3.40. The zero-order valence-electron chi connectivity index (χ0n) is 12.2. The summed E-state index contributed by atoms with van der Waals surface area (Å²) in [5.41, 5.74) is 0.802. The molecule has 1 aromatic carbocycles. The van der Waals surface area contributed by atoms with E-state index in [1.165, 1.54) is 0 Å². The normalized spacial score (nSPS) is 19.6. The molecular formula is C15H23NO3S. The lowest BCUT2D eigenvalue weighted by atomic mass is 10.1. The van der Waals surface area contributed by atoms with Crippen LogP contribution in [0.2, 0.25) is 0 Å². The molecule has 0 spiro atoms. The number of benzene rings is 1. The van der Waals surface area contributed by atoms with Crippen molar-refractivity contribution in [3.63, 3.8) is 0 Å². The first-order valence-corrected chi connectivity index (χ1v) is 8.63. The van der Waals surface area contributed by atoms with E-state index in [-0.39, 0.29) is 0 Å². The fraction of sp³-hybridized carbons (Fsp3) is 0.600. The molecule has 1 heterocycles. The van der Waals surface area contributed by atoms with Crippen LogP contribution in [0.1, 0.15) is 25.3 Å². The molecule has 0 aliphatic carbocycles. The van der Waals surface area contributed by atoms with Crippen LogP contribution in [-0.2, 0) is 14.8 Å². The summed E-state index contributed by atoms with van der Waals surface area (Å²) in [6, 6.07) is 7.18. The van der Waals surface area contributed by atoms with Crippen molar-refractivity contribution in [1.29, 1.82) is 0 Å². The zero-order chi connectivity index (χ0) is 14.6. The summed E-state index contributed by atoms with van der Waals surface area (Å²) in [4.78, 5) is 0.423. The molecule has 0 amide bonds. The van der Waals surface area contributed by atoms with E-state index in [0.717, 1.165) is 25.0 Å². The average molecular weight is 297 g/mol. The number of aryl methyl sites for hydroxylation is 1. The molecule has 1 fully saturated rings. The fourth-order valence-corrected chi connectivity index (χ4v) is 4.39. The molecule has 4 nitrogen and oxygen atoms in total. The quantitative estimate of drug-likeness (QED) is 0.810. The van der Waals surface area contributed by atoms with Gasteiger partial charge in [0.1, 0.15) is 0 Å². The van der Waals surface area contributed by atoms with Gasteiger partial charge in [-0.05, 0) is 37.3 Å². The Morgan fingerprint density at radius 2 is 2.10 bits per heavy atom. The number of ether oxygens (including phenoxy) is 1. The molecule has 1 saturated heterocycles. The van der Waals surface area contributed by atoms with E-state index in [1.807, 2.05) is 26.0 Å². The molecule has 1 unspecified atom stereocenters. The Kier molecular flexibility index (Phi) is 5.18. The molecule has 2 rings (SSSR count). The zero-order valence-corrected chi connectivity index (χ0v) is 13.0. The molecule has 1 atom stereocenters. The van der Waals surface area contributed by atoms with Crippen LogP contribution in [0.15, 0.2) is 29.2 Å². The summed E-state index contributed by atoms with van der Waals surface area (Å²) in [6.45, 7) is 6.39. The van der Waals surface area contributed by atoms with Gasteiger partial charge in [0, 0.05) is 19.7 Å². The standard InChI is InChI=1S/C15H23NO3S/c1-3-9-16(11-14-8-10-19-12-14)20(17,18)15-7-5-4-6-13(15)2/h4-7,14H,3,8-12H2,1-2H3. The Morgan fingerprint density at radius 1 is 1.35 bits per heavy atom. The second kappa shape index (κ2) is 6.70. The van der Waals surface area contributed by atoms with Crippen molar-refractivity contribution in [3.05, 3.63) is 29.8 Å². The summed E-state index contributed by atoms with van der Waals surface area (Å²) in [5.74, 6) is 0.320. The van der Waals surface area contributed by atoms with Crippen molar-refractivity contribution in [2.45, 2.75) is 31.6 Å². The Morgan fingerprint density at radius 3 is 2.70 bits per heavy atom. The highest BCUT2D eigenvalue weighted by molar-refractivity contribution is 7.89. The van der Waals surface area contributed by atoms with Crippen LogP contribution < -0.4 is 0 Å². The minimum absolute atomic E-state index is 0.320. The predicted molar refractivity (Wildman–Crippen MR) is 79.2 cm³/mol. The van der Waals surface area contributed by atoms with Gasteiger partial charge in [0.05, 0.1) is 11.5 Å². The van der Waals surface area contributed by atoms with Crippen molar-refractivity contribution >= 4 is 10.0 Å². The van der Waals surface area contributed by atoms with E-state index in [4.69, 9.17) is 4.74 Å².